The average Bonchev–Trinajstić information content (AvgIpc) is 3.24. The molecule has 0 saturated carbocycles. The van der Waals surface area contributed by atoms with Crippen molar-refractivity contribution in [3.8, 4) is 22.3 Å². The van der Waals surface area contributed by atoms with E-state index in [1.54, 1.807) is 0 Å². The second-order valence-corrected chi connectivity index (χ2v) is 16.6. The van der Waals surface area contributed by atoms with Crippen LogP contribution >= 0.6 is 7.14 Å². The van der Waals surface area contributed by atoms with Crippen molar-refractivity contribution in [2.24, 2.45) is 0 Å². The maximum atomic E-state index is 15.6. The van der Waals surface area contributed by atoms with Crippen LogP contribution in [0.4, 0.5) is 0 Å². The van der Waals surface area contributed by atoms with E-state index in [2.05, 4.69) is 146 Å². The van der Waals surface area contributed by atoms with Crippen molar-refractivity contribution in [3.63, 3.8) is 0 Å². The van der Waals surface area contributed by atoms with E-state index in [0.29, 0.717) is 0 Å². The lowest BCUT2D eigenvalue weighted by Crippen LogP contribution is -2.34. The van der Waals surface area contributed by atoms with E-state index in [1.165, 1.54) is 54.9 Å². The van der Waals surface area contributed by atoms with E-state index in [0.717, 1.165) is 27.0 Å². The smallest absolute Gasteiger partial charge is 0.171 e. The molecule has 0 radical (unpaired) electrons. The number of hydrogen-bond donors (Lipinski definition) is 0. The van der Waals surface area contributed by atoms with Crippen molar-refractivity contribution in [1.29, 1.82) is 0 Å². The zero-order chi connectivity index (χ0) is 35.4. The molecule has 0 fully saturated rings. The Morgan fingerprint density at radius 2 is 0.811 bits per heavy atom. The highest BCUT2D eigenvalue weighted by atomic mass is 31.2. The van der Waals surface area contributed by atoms with E-state index < -0.39 is 12.6 Å². The molecule has 0 heterocycles. The Morgan fingerprint density at radius 1 is 0.358 bits per heavy atom. The van der Waals surface area contributed by atoms with Crippen molar-refractivity contribution < 1.29 is 4.57 Å². The summed E-state index contributed by atoms with van der Waals surface area (Å²) in [4.78, 5) is 0. The van der Waals surface area contributed by atoms with Gasteiger partial charge in [-0.05, 0) is 72.1 Å². The predicted octanol–water partition coefficient (Wildman–Crippen LogP) is 11.7. The van der Waals surface area contributed by atoms with Crippen molar-refractivity contribution in [2.45, 2.75) is 5.41 Å². The molecule has 250 valence electrons. The third-order valence-electron chi connectivity index (χ3n) is 11.2. The lowest BCUT2D eigenvalue weighted by Gasteiger charge is -2.42. The van der Waals surface area contributed by atoms with Gasteiger partial charge in [0.25, 0.3) is 0 Å². The number of rotatable bonds is 6. The van der Waals surface area contributed by atoms with Gasteiger partial charge < -0.3 is 4.57 Å². The van der Waals surface area contributed by atoms with Crippen LogP contribution in [0.3, 0.4) is 0 Å². The summed E-state index contributed by atoms with van der Waals surface area (Å²) in [6, 6.07) is 75.1. The van der Waals surface area contributed by atoms with Gasteiger partial charge in [-0.1, -0.05) is 206 Å². The van der Waals surface area contributed by atoms with Gasteiger partial charge in [0.1, 0.15) is 0 Å². The van der Waals surface area contributed by atoms with Crippen LogP contribution in [0.2, 0.25) is 0 Å². The minimum Gasteiger partial charge on any atom is -0.309 e. The Kier molecular flexibility index (Phi) is 7.39. The minimum atomic E-state index is -3.20. The molecule has 0 aromatic heterocycles. The first-order valence-electron chi connectivity index (χ1n) is 18.2. The third-order valence-corrected chi connectivity index (χ3v) is 14.3. The summed E-state index contributed by atoms with van der Waals surface area (Å²) in [6.45, 7) is 0. The standard InChI is InChI=1S/C51H35OP/c52-53(39-24-9-3-10-25-39,40-26-11-4-12-27-40)41-28-17-19-36(35-41)48-42-29-13-14-30-43(42)49-44-31-15-16-33-46(44)51(37-20-5-1-6-21-37,38-22-7-2-8-23-38)47-34-18-32-45(48)50(47)49/h1-35H. The molecule has 0 unspecified atom stereocenters. The van der Waals surface area contributed by atoms with Crippen LogP contribution in [0, 0.1) is 0 Å². The molecule has 2 heteroatoms. The molecular weight excluding hydrogens is 660 g/mol. The normalized spacial score (nSPS) is 13.1. The Bertz CT molecular complexity index is 2760. The molecule has 0 atom stereocenters. The highest BCUT2D eigenvalue weighted by Gasteiger charge is 2.45. The van der Waals surface area contributed by atoms with E-state index in [1.807, 2.05) is 66.7 Å². The van der Waals surface area contributed by atoms with Gasteiger partial charge in [0.2, 0.25) is 0 Å². The summed E-state index contributed by atoms with van der Waals surface area (Å²) < 4.78 is 15.6. The largest absolute Gasteiger partial charge is 0.309 e. The van der Waals surface area contributed by atoms with E-state index in [4.69, 9.17) is 0 Å². The third kappa shape index (κ3) is 4.61. The molecular formula is C51H35OP. The van der Waals surface area contributed by atoms with Crippen LogP contribution < -0.4 is 15.9 Å². The predicted molar refractivity (Wildman–Crippen MR) is 224 cm³/mol. The van der Waals surface area contributed by atoms with E-state index >= 15 is 4.57 Å². The fourth-order valence-corrected chi connectivity index (χ4v) is 11.7. The monoisotopic (exact) mass is 694 g/mol. The van der Waals surface area contributed by atoms with Gasteiger partial charge in [-0.15, -0.1) is 0 Å². The highest BCUT2D eigenvalue weighted by Crippen LogP contribution is 2.58. The number of hydrogen-bond acceptors (Lipinski definition) is 1. The Morgan fingerprint density at radius 3 is 1.43 bits per heavy atom. The first kappa shape index (κ1) is 31.5. The zero-order valence-corrected chi connectivity index (χ0v) is 30.0. The molecule has 9 aromatic carbocycles. The van der Waals surface area contributed by atoms with Crippen LogP contribution in [0.25, 0.3) is 43.8 Å². The molecule has 0 N–H and O–H groups in total. The lowest BCUT2D eigenvalue weighted by atomic mass is 9.59. The topological polar surface area (TPSA) is 17.1 Å². The first-order chi connectivity index (χ1) is 26.2. The summed E-state index contributed by atoms with van der Waals surface area (Å²) in [5.74, 6) is 0. The Hall–Kier alpha value is -6.27. The summed E-state index contributed by atoms with van der Waals surface area (Å²) in [5.41, 5.74) is 9.20. The average molecular weight is 695 g/mol. The Balaban J connectivity index is 1.34. The molecule has 0 aliphatic heterocycles. The molecule has 1 aliphatic rings. The molecule has 1 nitrogen and oxygen atoms in total. The SMILES string of the molecule is O=P(c1ccccc1)(c1ccccc1)c1cccc(-c2c3ccccc3c3c4c(cccc24)C(c2ccccc2)(c2ccccc2)c2ccccc2-3)c1. The highest BCUT2D eigenvalue weighted by molar-refractivity contribution is 7.85. The molecule has 1 aliphatic carbocycles. The first-order valence-corrected chi connectivity index (χ1v) is 19.9. The van der Waals surface area contributed by atoms with Gasteiger partial charge in [-0.25, -0.2) is 0 Å². The second kappa shape index (κ2) is 12.4. The fourth-order valence-electron chi connectivity index (χ4n) is 9.05. The quantitative estimate of drug-likeness (QED) is 0.125. The molecule has 0 bridgehead atoms. The maximum absolute atomic E-state index is 15.6. The van der Waals surface area contributed by atoms with Gasteiger partial charge >= 0.3 is 0 Å². The van der Waals surface area contributed by atoms with Crippen molar-refractivity contribution in [2.75, 3.05) is 0 Å². The van der Waals surface area contributed by atoms with Crippen LogP contribution in [-0.4, -0.2) is 0 Å². The number of fused-ring (bicyclic) bond motifs is 4. The van der Waals surface area contributed by atoms with Crippen molar-refractivity contribution in [1.82, 2.24) is 0 Å². The second-order valence-electron chi connectivity index (χ2n) is 13.9. The fraction of sp³-hybridized carbons (Fsp3) is 0.0196. The molecule has 9 aromatic rings. The van der Waals surface area contributed by atoms with Crippen molar-refractivity contribution in [3.05, 3.63) is 235 Å². The minimum absolute atomic E-state index is 0.552. The van der Waals surface area contributed by atoms with Crippen LogP contribution in [0.5, 0.6) is 0 Å². The lowest BCUT2D eigenvalue weighted by molar-refractivity contribution is 0.592. The Labute approximate surface area is 310 Å². The van der Waals surface area contributed by atoms with E-state index in [-0.39, 0.29) is 0 Å². The van der Waals surface area contributed by atoms with Gasteiger partial charge in [0, 0.05) is 15.9 Å². The van der Waals surface area contributed by atoms with Crippen LogP contribution in [0.15, 0.2) is 212 Å². The van der Waals surface area contributed by atoms with Gasteiger partial charge in [-0.2, -0.15) is 0 Å². The summed E-state index contributed by atoms with van der Waals surface area (Å²) in [5, 5.41) is 7.32. The van der Waals surface area contributed by atoms with E-state index in [9.17, 15) is 0 Å². The van der Waals surface area contributed by atoms with Crippen molar-refractivity contribution >= 4 is 44.6 Å². The molecule has 10 rings (SSSR count). The summed E-state index contributed by atoms with van der Waals surface area (Å²) >= 11 is 0. The molecule has 53 heavy (non-hydrogen) atoms. The van der Waals surface area contributed by atoms with Crippen LogP contribution in [-0.2, 0) is 9.98 Å². The van der Waals surface area contributed by atoms with Gasteiger partial charge in [0.15, 0.2) is 7.14 Å². The zero-order valence-electron chi connectivity index (χ0n) is 29.1. The molecule has 0 saturated heterocycles. The van der Waals surface area contributed by atoms with Crippen LogP contribution in [0.1, 0.15) is 22.3 Å². The summed E-state index contributed by atoms with van der Waals surface area (Å²) in [7, 11) is -3.20. The summed E-state index contributed by atoms with van der Waals surface area (Å²) in [6.07, 6.45) is 0. The maximum Gasteiger partial charge on any atom is 0.171 e. The number of benzene rings is 9. The van der Waals surface area contributed by atoms with Gasteiger partial charge in [-0.3, -0.25) is 0 Å². The van der Waals surface area contributed by atoms with Gasteiger partial charge in [0.05, 0.1) is 5.41 Å². The molecule has 0 amide bonds. The molecule has 0 spiro atoms.